The molecule has 1 aliphatic heterocycles. The zero-order valence-corrected chi connectivity index (χ0v) is 25.2. The van der Waals surface area contributed by atoms with Gasteiger partial charge in [0.05, 0.1) is 42.0 Å². The summed E-state index contributed by atoms with van der Waals surface area (Å²) in [5.41, 5.74) is -4.21. The predicted octanol–water partition coefficient (Wildman–Crippen LogP) is -0.740. The Morgan fingerprint density at radius 3 is 2.43 bits per heavy atom. The van der Waals surface area contributed by atoms with Crippen molar-refractivity contribution >= 4 is 29.2 Å². The molecule has 2 aromatic rings. The van der Waals surface area contributed by atoms with E-state index >= 15 is 0 Å². The van der Waals surface area contributed by atoms with E-state index in [2.05, 4.69) is 5.32 Å². The summed E-state index contributed by atoms with van der Waals surface area (Å²) in [6, 6.07) is 3.24. The van der Waals surface area contributed by atoms with Gasteiger partial charge < -0.3 is 54.9 Å². The highest BCUT2D eigenvalue weighted by molar-refractivity contribution is 6.31. The first-order chi connectivity index (χ1) is 22.2. The number of methoxy groups -OCH3 is 1. The highest BCUT2D eigenvalue weighted by Gasteiger charge is 2.50. The van der Waals surface area contributed by atoms with Crippen LogP contribution in [0.25, 0.3) is 0 Å². The number of benzene rings is 2. The van der Waals surface area contributed by atoms with Crippen LogP contribution < -0.4 is 10.1 Å². The van der Waals surface area contributed by atoms with Crippen molar-refractivity contribution in [3.05, 3.63) is 51.6 Å². The number of ketones is 3. The van der Waals surface area contributed by atoms with Crippen LogP contribution in [0.5, 0.6) is 17.2 Å². The summed E-state index contributed by atoms with van der Waals surface area (Å²) in [5.74, 6) is -6.24. The Balaban J connectivity index is 1.54. The lowest BCUT2D eigenvalue weighted by molar-refractivity contribution is -0.249. The number of phenols is 2. The van der Waals surface area contributed by atoms with Crippen molar-refractivity contribution in [1.82, 2.24) is 5.32 Å². The largest absolute Gasteiger partial charge is 0.507 e. The Hall–Kier alpha value is -4.45. The van der Waals surface area contributed by atoms with Crippen molar-refractivity contribution in [3.8, 4) is 17.2 Å². The van der Waals surface area contributed by atoms with Crippen molar-refractivity contribution in [2.75, 3.05) is 26.9 Å². The quantitative estimate of drug-likeness (QED) is 0.132. The second-order valence-corrected chi connectivity index (χ2v) is 11.6. The molecule has 0 radical (unpaired) electrons. The van der Waals surface area contributed by atoms with E-state index in [-0.39, 0.29) is 34.4 Å². The molecule has 1 fully saturated rings. The molecule has 5 rings (SSSR count). The predicted molar refractivity (Wildman–Crippen MR) is 154 cm³/mol. The van der Waals surface area contributed by atoms with Gasteiger partial charge in [0.15, 0.2) is 17.9 Å². The van der Waals surface area contributed by atoms with Gasteiger partial charge in [-0.05, 0) is 13.0 Å². The third-order valence-electron chi connectivity index (χ3n) is 8.57. The van der Waals surface area contributed by atoms with Crippen LogP contribution in [0, 0.1) is 0 Å². The SMILES string of the molecule is COc1cccc2c1C(=O)c1c(O)c3c(c(O)c1C2=O)C[C@@](O)(C(=O)CO)C[C@@H]3O[C@H]1C[C@H](NC(=O)COCC(=O)O)[C@H](O)[C@H](C)O1. The molecule has 0 unspecified atom stereocenters. The van der Waals surface area contributed by atoms with E-state index < -0.39 is 121 Å². The van der Waals surface area contributed by atoms with E-state index in [9.17, 15) is 49.5 Å². The number of carbonyl (C=O) groups is 5. The summed E-state index contributed by atoms with van der Waals surface area (Å²) >= 11 is 0. The van der Waals surface area contributed by atoms with Gasteiger partial charge in [-0.2, -0.15) is 0 Å². The summed E-state index contributed by atoms with van der Waals surface area (Å²) < 4.78 is 21.9. The average molecular weight is 660 g/mol. The second-order valence-electron chi connectivity index (χ2n) is 11.6. The Bertz CT molecular complexity index is 1650. The molecule has 2 aromatic carbocycles. The van der Waals surface area contributed by atoms with Gasteiger partial charge in [0, 0.05) is 36.0 Å². The Kier molecular flexibility index (Phi) is 9.36. The number of amides is 1. The number of carbonyl (C=O) groups excluding carboxylic acids is 4. The number of aliphatic hydroxyl groups is 3. The summed E-state index contributed by atoms with van der Waals surface area (Å²) in [6.45, 7) is -0.978. The Morgan fingerprint density at radius 2 is 1.77 bits per heavy atom. The van der Waals surface area contributed by atoms with Crippen LogP contribution in [0.3, 0.4) is 0 Å². The van der Waals surface area contributed by atoms with Crippen LogP contribution in [-0.2, 0) is 35.0 Å². The number of rotatable bonds is 10. The van der Waals surface area contributed by atoms with E-state index in [0.29, 0.717) is 0 Å². The maximum Gasteiger partial charge on any atom is 0.329 e. The number of aliphatic hydroxyl groups excluding tert-OH is 2. The smallest absolute Gasteiger partial charge is 0.329 e. The summed E-state index contributed by atoms with van der Waals surface area (Å²) in [7, 11) is 1.29. The average Bonchev–Trinajstić information content (AvgIpc) is 3.02. The van der Waals surface area contributed by atoms with Crippen molar-refractivity contribution in [2.45, 2.75) is 62.4 Å². The molecule has 47 heavy (non-hydrogen) atoms. The van der Waals surface area contributed by atoms with E-state index in [4.69, 9.17) is 24.1 Å². The number of aliphatic carboxylic acids is 1. The first-order valence-electron chi connectivity index (χ1n) is 14.5. The van der Waals surface area contributed by atoms with Gasteiger partial charge in [-0.3, -0.25) is 19.2 Å². The number of fused-ring (bicyclic) bond motifs is 3. The van der Waals surface area contributed by atoms with Crippen molar-refractivity contribution in [1.29, 1.82) is 0 Å². The number of Topliss-reactive ketones (excluding diaryl/α,β-unsaturated/α-hetero) is 1. The van der Waals surface area contributed by atoms with Crippen molar-refractivity contribution in [3.63, 3.8) is 0 Å². The fourth-order valence-electron chi connectivity index (χ4n) is 6.34. The molecule has 1 saturated heterocycles. The van der Waals surface area contributed by atoms with E-state index in [1.165, 1.54) is 32.2 Å². The highest BCUT2D eigenvalue weighted by Crippen LogP contribution is 2.52. The number of aromatic hydroxyl groups is 2. The van der Waals surface area contributed by atoms with Crippen LogP contribution in [0.2, 0.25) is 0 Å². The van der Waals surface area contributed by atoms with Crippen molar-refractivity contribution in [2.24, 2.45) is 0 Å². The van der Waals surface area contributed by atoms with Crippen molar-refractivity contribution < 1.29 is 73.6 Å². The third kappa shape index (κ3) is 6.06. The molecule has 7 N–H and O–H groups in total. The normalized spacial score (nSPS) is 26.5. The number of hydrogen-bond donors (Lipinski definition) is 7. The summed E-state index contributed by atoms with van der Waals surface area (Å²) in [5, 5.41) is 66.0. The molecule has 0 bridgehead atoms. The lowest BCUT2D eigenvalue weighted by Crippen LogP contribution is -2.56. The number of hydrogen-bond acceptors (Lipinski definition) is 14. The molecular weight excluding hydrogens is 626 g/mol. The molecule has 6 atom stereocenters. The maximum atomic E-state index is 13.8. The minimum Gasteiger partial charge on any atom is -0.507 e. The molecular formula is C31H33NO15. The van der Waals surface area contributed by atoms with E-state index in [1.54, 1.807) is 0 Å². The summed E-state index contributed by atoms with van der Waals surface area (Å²) in [4.78, 5) is 63.2. The van der Waals surface area contributed by atoms with Gasteiger partial charge in [-0.25, -0.2) is 4.79 Å². The number of carboxylic acid groups (broad SMARTS) is 1. The number of nitrogens with one attached hydrogen (secondary N) is 1. The topological polar surface area (TPSA) is 256 Å². The van der Waals surface area contributed by atoms with Crippen LogP contribution >= 0.6 is 0 Å². The zero-order chi connectivity index (χ0) is 34.4. The molecule has 16 heteroatoms. The van der Waals surface area contributed by atoms with Crippen LogP contribution in [0.1, 0.15) is 68.8 Å². The molecule has 16 nitrogen and oxygen atoms in total. The summed E-state index contributed by atoms with van der Waals surface area (Å²) in [6.07, 6.45) is -6.49. The highest BCUT2D eigenvalue weighted by atomic mass is 16.7. The number of phenolic OH excluding ortho intramolecular Hbond substituents is 2. The lowest BCUT2D eigenvalue weighted by atomic mass is 9.72. The first-order valence-corrected chi connectivity index (χ1v) is 14.5. The van der Waals surface area contributed by atoms with E-state index in [1.807, 2.05) is 0 Å². The minimum absolute atomic E-state index is 0.0448. The second kappa shape index (κ2) is 13.0. The van der Waals surface area contributed by atoms with Gasteiger partial charge in [-0.15, -0.1) is 0 Å². The fourth-order valence-corrected chi connectivity index (χ4v) is 6.34. The molecule has 1 heterocycles. The Morgan fingerprint density at radius 1 is 1.06 bits per heavy atom. The van der Waals surface area contributed by atoms with Gasteiger partial charge in [0.1, 0.15) is 48.8 Å². The number of carboxylic acids is 1. The van der Waals surface area contributed by atoms with Crippen LogP contribution in [0.4, 0.5) is 0 Å². The first kappa shape index (κ1) is 33.9. The third-order valence-corrected chi connectivity index (χ3v) is 8.57. The van der Waals surface area contributed by atoms with E-state index in [0.717, 1.165) is 0 Å². The molecule has 3 aliphatic rings. The fraction of sp³-hybridized carbons (Fsp3) is 0.452. The molecule has 1 amide bonds. The van der Waals surface area contributed by atoms with Crippen LogP contribution in [-0.4, -0.2) is 117 Å². The van der Waals surface area contributed by atoms with Crippen LogP contribution in [0.15, 0.2) is 18.2 Å². The van der Waals surface area contributed by atoms with Gasteiger partial charge in [0.25, 0.3) is 0 Å². The van der Waals surface area contributed by atoms with Gasteiger partial charge >= 0.3 is 5.97 Å². The monoisotopic (exact) mass is 659 g/mol. The van der Waals surface area contributed by atoms with Gasteiger partial charge in [-0.1, -0.05) is 12.1 Å². The zero-order valence-electron chi connectivity index (χ0n) is 25.2. The molecule has 0 aromatic heterocycles. The lowest BCUT2D eigenvalue weighted by Gasteiger charge is -2.42. The molecule has 2 aliphatic carbocycles. The van der Waals surface area contributed by atoms with Gasteiger partial charge in [0.2, 0.25) is 11.7 Å². The standard InChI is InChI=1S/C31H33NO15/c1-12-26(38)15(32-19(35)10-45-11-20(36)37)6-21(46-12)47-17-8-31(43,18(34)9-33)7-14-23(17)30(42)25-24(28(14)40)27(39)13-4-3-5-16(44-2)22(13)29(25)41/h3-5,12,15,17,21,26,33,38,40,42-43H,6-11H2,1-2H3,(H,32,35)(H,36,37)/t12-,15-,17-,21-,26+,31-/m0/s1. The number of ether oxygens (including phenoxy) is 4. The Labute approximate surface area is 266 Å². The molecule has 0 saturated carbocycles. The molecule has 252 valence electrons. The minimum atomic E-state index is -2.36. The molecule has 0 spiro atoms. The maximum absolute atomic E-state index is 13.8.